The van der Waals surface area contributed by atoms with Crippen molar-refractivity contribution < 1.29 is 14.3 Å². The molecule has 2 atom stereocenters. The van der Waals surface area contributed by atoms with Crippen LogP contribution in [0.5, 0.6) is 5.75 Å². The summed E-state index contributed by atoms with van der Waals surface area (Å²) in [6, 6.07) is 6.96. The minimum absolute atomic E-state index is 0.310. The molecule has 1 heterocycles. The molecule has 0 amide bonds. The zero-order chi connectivity index (χ0) is 10.8. The maximum absolute atomic E-state index is 11.2. The molecule has 0 spiro atoms. The molecule has 4 heteroatoms. The molecule has 2 unspecified atom stereocenters. The van der Waals surface area contributed by atoms with E-state index < -0.39 is 12.0 Å². The molecule has 4 nitrogen and oxygen atoms in total. The summed E-state index contributed by atoms with van der Waals surface area (Å²) in [4.78, 5) is 11.2. The van der Waals surface area contributed by atoms with Gasteiger partial charge in [-0.05, 0) is 11.6 Å². The first-order valence-corrected chi connectivity index (χ1v) is 4.80. The molecule has 2 N–H and O–H groups in total. The zero-order valence-electron chi connectivity index (χ0n) is 8.47. The second kappa shape index (κ2) is 3.90. The zero-order valence-corrected chi connectivity index (χ0v) is 8.47. The minimum atomic E-state index is -0.720. The maximum Gasteiger partial charge on any atom is 0.326 e. The van der Waals surface area contributed by atoms with Crippen molar-refractivity contribution in [2.24, 2.45) is 5.73 Å². The number of carbonyl (C=O) groups excluding carboxylic acids is 1. The summed E-state index contributed by atoms with van der Waals surface area (Å²) in [6.07, 6.45) is 0.349. The van der Waals surface area contributed by atoms with Gasteiger partial charge in [0, 0.05) is 6.42 Å². The first-order valence-electron chi connectivity index (χ1n) is 4.80. The quantitative estimate of drug-likeness (QED) is 0.717. The SMILES string of the molecule is COC(=O)C(N)C1Cc2ccccc2O1. The van der Waals surface area contributed by atoms with E-state index in [1.165, 1.54) is 7.11 Å². The van der Waals surface area contributed by atoms with Crippen LogP contribution < -0.4 is 10.5 Å². The summed E-state index contributed by atoms with van der Waals surface area (Å²) < 4.78 is 10.1. The first kappa shape index (κ1) is 9.98. The van der Waals surface area contributed by atoms with Crippen LogP contribution in [0.15, 0.2) is 24.3 Å². The number of hydrogen-bond donors (Lipinski definition) is 1. The van der Waals surface area contributed by atoms with E-state index in [0.29, 0.717) is 6.42 Å². The lowest BCUT2D eigenvalue weighted by Crippen LogP contribution is -2.45. The van der Waals surface area contributed by atoms with Crippen LogP contribution in [0.1, 0.15) is 5.56 Å². The van der Waals surface area contributed by atoms with Gasteiger partial charge >= 0.3 is 5.97 Å². The van der Waals surface area contributed by atoms with Crippen LogP contribution in [0.4, 0.5) is 0 Å². The van der Waals surface area contributed by atoms with Crippen LogP contribution in [0.3, 0.4) is 0 Å². The highest BCUT2D eigenvalue weighted by atomic mass is 16.5. The van der Waals surface area contributed by atoms with Gasteiger partial charge < -0.3 is 15.2 Å². The maximum atomic E-state index is 11.2. The van der Waals surface area contributed by atoms with Gasteiger partial charge in [-0.3, -0.25) is 4.79 Å². The molecule has 0 saturated carbocycles. The van der Waals surface area contributed by atoms with E-state index in [1.807, 2.05) is 24.3 Å². The van der Waals surface area contributed by atoms with Crippen molar-refractivity contribution in [3.05, 3.63) is 29.8 Å². The van der Waals surface area contributed by atoms with E-state index in [2.05, 4.69) is 4.74 Å². The molecular weight excluding hydrogens is 194 g/mol. The van der Waals surface area contributed by atoms with Crippen molar-refractivity contribution in [2.45, 2.75) is 18.6 Å². The normalized spacial score (nSPS) is 20.3. The Labute approximate surface area is 88.0 Å². The van der Waals surface area contributed by atoms with E-state index in [9.17, 15) is 4.79 Å². The van der Waals surface area contributed by atoms with Gasteiger partial charge in [0.2, 0.25) is 0 Å². The van der Waals surface area contributed by atoms with Crippen LogP contribution in [0, 0.1) is 0 Å². The van der Waals surface area contributed by atoms with Crippen molar-refractivity contribution in [3.8, 4) is 5.75 Å². The third kappa shape index (κ3) is 1.80. The summed E-state index contributed by atoms with van der Waals surface area (Å²) >= 11 is 0. The minimum Gasteiger partial charge on any atom is -0.488 e. The molecule has 0 aromatic heterocycles. The number of esters is 1. The van der Waals surface area contributed by atoms with E-state index in [1.54, 1.807) is 0 Å². The molecule has 80 valence electrons. The number of nitrogens with two attached hydrogens (primary N) is 1. The number of methoxy groups -OCH3 is 1. The number of ether oxygens (including phenoxy) is 2. The summed E-state index contributed by atoms with van der Waals surface area (Å²) in [6.45, 7) is 0. The van der Waals surface area contributed by atoms with Crippen molar-refractivity contribution in [1.29, 1.82) is 0 Å². The highest BCUT2D eigenvalue weighted by molar-refractivity contribution is 5.76. The fraction of sp³-hybridized carbons (Fsp3) is 0.364. The molecule has 2 rings (SSSR count). The molecular formula is C11H13NO3. The number of para-hydroxylation sites is 1. The lowest BCUT2D eigenvalue weighted by Gasteiger charge is -2.16. The Kier molecular flexibility index (Phi) is 2.60. The number of carbonyl (C=O) groups is 1. The largest absolute Gasteiger partial charge is 0.488 e. The predicted molar refractivity (Wildman–Crippen MR) is 54.6 cm³/mol. The van der Waals surface area contributed by atoms with Crippen LogP contribution >= 0.6 is 0 Å². The summed E-state index contributed by atoms with van der Waals surface area (Å²) in [5.41, 5.74) is 6.80. The van der Waals surface area contributed by atoms with Crippen molar-refractivity contribution in [3.63, 3.8) is 0 Å². The number of fused-ring (bicyclic) bond motifs is 1. The van der Waals surface area contributed by atoms with Gasteiger partial charge in [-0.15, -0.1) is 0 Å². The molecule has 15 heavy (non-hydrogen) atoms. The topological polar surface area (TPSA) is 61.5 Å². The molecule has 1 aromatic carbocycles. The van der Waals surface area contributed by atoms with E-state index >= 15 is 0 Å². The van der Waals surface area contributed by atoms with Gasteiger partial charge in [-0.1, -0.05) is 18.2 Å². The van der Waals surface area contributed by atoms with Gasteiger partial charge in [0.15, 0.2) is 0 Å². The lowest BCUT2D eigenvalue weighted by atomic mass is 10.1. The van der Waals surface area contributed by atoms with Crippen LogP contribution in [-0.4, -0.2) is 25.2 Å². The molecule has 1 aliphatic heterocycles. The molecule has 0 fully saturated rings. The highest BCUT2D eigenvalue weighted by Gasteiger charge is 2.32. The van der Waals surface area contributed by atoms with Crippen LogP contribution in [0.25, 0.3) is 0 Å². The smallest absolute Gasteiger partial charge is 0.326 e. The fourth-order valence-corrected chi connectivity index (χ4v) is 1.70. The third-order valence-corrected chi connectivity index (χ3v) is 2.55. The molecule has 1 aliphatic rings. The number of benzene rings is 1. The molecule has 0 bridgehead atoms. The van der Waals surface area contributed by atoms with Crippen molar-refractivity contribution >= 4 is 5.97 Å². The van der Waals surface area contributed by atoms with Gasteiger partial charge in [0.25, 0.3) is 0 Å². The molecule has 1 aromatic rings. The highest BCUT2D eigenvalue weighted by Crippen LogP contribution is 2.29. The summed E-state index contributed by atoms with van der Waals surface area (Å²) in [5, 5.41) is 0. The third-order valence-electron chi connectivity index (χ3n) is 2.55. The Balaban J connectivity index is 2.10. The predicted octanol–water partition coefficient (Wildman–Crippen LogP) is 0.490. The average Bonchev–Trinajstić information content (AvgIpc) is 2.70. The Hall–Kier alpha value is -1.55. The fourth-order valence-electron chi connectivity index (χ4n) is 1.70. The second-order valence-electron chi connectivity index (χ2n) is 3.52. The lowest BCUT2D eigenvalue weighted by molar-refractivity contribution is -0.144. The number of hydrogen-bond acceptors (Lipinski definition) is 4. The average molecular weight is 207 g/mol. The number of rotatable bonds is 2. The van der Waals surface area contributed by atoms with E-state index in [0.717, 1.165) is 11.3 Å². The van der Waals surface area contributed by atoms with E-state index in [4.69, 9.17) is 10.5 Å². The Morgan fingerprint density at radius 3 is 3.00 bits per heavy atom. The summed E-state index contributed by atoms with van der Waals surface area (Å²) in [5.74, 6) is 0.370. The molecule has 0 aliphatic carbocycles. The summed E-state index contributed by atoms with van der Waals surface area (Å²) in [7, 11) is 1.32. The van der Waals surface area contributed by atoms with Gasteiger partial charge in [-0.25, -0.2) is 0 Å². The molecule has 0 radical (unpaired) electrons. The first-order chi connectivity index (χ1) is 7.22. The van der Waals surface area contributed by atoms with Crippen molar-refractivity contribution in [2.75, 3.05) is 7.11 Å². The second-order valence-corrected chi connectivity index (χ2v) is 3.52. The van der Waals surface area contributed by atoms with Crippen LogP contribution in [0.2, 0.25) is 0 Å². The van der Waals surface area contributed by atoms with Crippen molar-refractivity contribution in [1.82, 2.24) is 0 Å². The Morgan fingerprint density at radius 2 is 2.33 bits per heavy atom. The monoisotopic (exact) mass is 207 g/mol. The van der Waals surface area contributed by atoms with Crippen LogP contribution in [-0.2, 0) is 16.0 Å². The Bertz CT molecular complexity index is 353. The standard InChI is InChI=1S/C11H13NO3/c1-14-11(13)10(12)9-6-7-4-2-3-5-8(7)15-9/h2-5,9-10H,6,12H2,1H3. The van der Waals surface area contributed by atoms with E-state index in [-0.39, 0.29) is 6.10 Å². The van der Waals surface area contributed by atoms with Gasteiger partial charge in [0.1, 0.15) is 17.9 Å². The Morgan fingerprint density at radius 1 is 1.60 bits per heavy atom. The molecule has 0 saturated heterocycles. The van der Waals surface area contributed by atoms with Gasteiger partial charge in [0.05, 0.1) is 7.11 Å². The van der Waals surface area contributed by atoms with Gasteiger partial charge in [-0.2, -0.15) is 0 Å².